The van der Waals surface area contributed by atoms with Gasteiger partial charge in [-0.1, -0.05) is 48.5 Å². The molecule has 1 heterocycles. The Morgan fingerprint density at radius 2 is 1.54 bits per heavy atom. The summed E-state index contributed by atoms with van der Waals surface area (Å²) in [4.78, 5) is 24.8. The Hall–Kier alpha value is -3.51. The molecule has 1 aromatic heterocycles. The van der Waals surface area contributed by atoms with Gasteiger partial charge >= 0.3 is 0 Å². The molecule has 0 radical (unpaired) electrons. The van der Waals surface area contributed by atoms with Gasteiger partial charge in [-0.25, -0.2) is 0 Å². The normalized spacial score (nSPS) is 10.6. The molecule has 0 atom stereocenters. The molecule has 6 heteroatoms. The van der Waals surface area contributed by atoms with Gasteiger partial charge in [0, 0.05) is 23.2 Å². The number of amides is 2. The molecule has 0 fully saturated rings. The van der Waals surface area contributed by atoms with Crippen LogP contribution in [-0.4, -0.2) is 16.2 Å². The first-order valence-corrected chi connectivity index (χ1v) is 9.56. The lowest BCUT2D eigenvalue weighted by Crippen LogP contribution is -2.22. The van der Waals surface area contributed by atoms with Gasteiger partial charge in [-0.2, -0.15) is 4.37 Å². The van der Waals surface area contributed by atoms with E-state index in [9.17, 15) is 9.59 Å². The molecule has 2 amide bonds. The number of carbonyl (C=O) groups excluding carboxylic acids is 2. The fraction of sp³-hybridized carbons (Fsp3) is 0.0455. The molecule has 4 aromatic rings. The Bertz CT molecular complexity index is 1120. The SMILES string of the molecule is O=C(NCc1ccccc1)c1ccc(NC(=O)c2nsc3ccccc23)cc1. The second-order valence-electron chi connectivity index (χ2n) is 6.23. The Morgan fingerprint density at radius 3 is 2.32 bits per heavy atom. The lowest BCUT2D eigenvalue weighted by Gasteiger charge is -2.07. The van der Waals surface area contributed by atoms with Gasteiger partial charge in [0.2, 0.25) is 0 Å². The number of rotatable bonds is 5. The summed E-state index contributed by atoms with van der Waals surface area (Å²) >= 11 is 1.30. The average molecular weight is 387 g/mol. The van der Waals surface area contributed by atoms with Crippen LogP contribution in [0.5, 0.6) is 0 Å². The topological polar surface area (TPSA) is 71.1 Å². The van der Waals surface area contributed by atoms with Crippen LogP contribution in [0, 0.1) is 0 Å². The molecule has 0 bridgehead atoms. The summed E-state index contributed by atoms with van der Waals surface area (Å²) in [6.45, 7) is 0.467. The molecule has 5 nitrogen and oxygen atoms in total. The van der Waals surface area contributed by atoms with Crippen LogP contribution in [0.25, 0.3) is 10.1 Å². The van der Waals surface area contributed by atoms with Crippen molar-refractivity contribution in [2.75, 3.05) is 5.32 Å². The zero-order valence-corrected chi connectivity index (χ0v) is 15.7. The minimum absolute atomic E-state index is 0.160. The second-order valence-corrected chi connectivity index (χ2v) is 7.03. The maximum absolute atomic E-state index is 12.5. The molecular weight excluding hydrogens is 370 g/mol. The molecule has 4 rings (SSSR count). The van der Waals surface area contributed by atoms with Crippen LogP contribution in [0.2, 0.25) is 0 Å². The van der Waals surface area contributed by atoms with Gasteiger partial charge in [0.1, 0.15) is 5.69 Å². The molecule has 0 saturated heterocycles. The van der Waals surface area contributed by atoms with E-state index in [4.69, 9.17) is 0 Å². The number of hydrogen-bond acceptors (Lipinski definition) is 4. The second kappa shape index (κ2) is 8.02. The van der Waals surface area contributed by atoms with E-state index in [0.29, 0.717) is 23.5 Å². The van der Waals surface area contributed by atoms with Crippen molar-refractivity contribution in [3.05, 3.63) is 95.7 Å². The molecule has 0 aliphatic rings. The van der Waals surface area contributed by atoms with Gasteiger partial charge in [0.05, 0.1) is 4.70 Å². The third-order valence-corrected chi connectivity index (χ3v) is 5.12. The largest absolute Gasteiger partial charge is 0.348 e. The average Bonchev–Trinajstić information content (AvgIpc) is 3.18. The molecule has 0 aliphatic heterocycles. The highest BCUT2D eigenvalue weighted by Gasteiger charge is 2.14. The van der Waals surface area contributed by atoms with E-state index < -0.39 is 0 Å². The van der Waals surface area contributed by atoms with E-state index in [1.54, 1.807) is 24.3 Å². The smallest absolute Gasteiger partial charge is 0.276 e. The number of fused-ring (bicyclic) bond motifs is 1. The summed E-state index contributed by atoms with van der Waals surface area (Å²) in [6.07, 6.45) is 0. The summed E-state index contributed by atoms with van der Waals surface area (Å²) in [5, 5.41) is 6.55. The van der Waals surface area contributed by atoms with Crippen LogP contribution in [0.1, 0.15) is 26.4 Å². The van der Waals surface area contributed by atoms with E-state index in [0.717, 1.165) is 15.6 Å². The molecule has 0 aliphatic carbocycles. The van der Waals surface area contributed by atoms with Gasteiger partial charge in [-0.15, -0.1) is 0 Å². The fourth-order valence-electron chi connectivity index (χ4n) is 2.83. The molecule has 28 heavy (non-hydrogen) atoms. The molecule has 2 N–H and O–H groups in total. The Balaban J connectivity index is 1.40. The van der Waals surface area contributed by atoms with Gasteiger partial charge < -0.3 is 10.6 Å². The number of nitrogens with one attached hydrogen (secondary N) is 2. The minimum atomic E-state index is -0.265. The first-order valence-electron chi connectivity index (χ1n) is 8.79. The van der Waals surface area contributed by atoms with Gasteiger partial charge in [-0.05, 0) is 47.4 Å². The lowest BCUT2D eigenvalue weighted by molar-refractivity contribution is 0.0950. The van der Waals surface area contributed by atoms with Gasteiger partial charge in [0.25, 0.3) is 11.8 Å². The van der Waals surface area contributed by atoms with Crippen molar-refractivity contribution in [2.45, 2.75) is 6.54 Å². The highest BCUT2D eigenvalue weighted by atomic mass is 32.1. The van der Waals surface area contributed by atoms with E-state index in [1.807, 2.05) is 54.6 Å². The first kappa shape index (κ1) is 17.9. The number of hydrogen-bond donors (Lipinski definition) is 2. The van der Waals surface area contributed by atoms with Crippen LogP contribution in [0.15, 0.2) is 78.9 Å². The molecule has 138 valence electrons. The first-order chi connectivity index (χ1) is 13.7. The Morgan fingerprint density at radius 1 is 0.821 bits per heavy atom. The van der Waals surface area contributed by atoms with E-state index in [-0.39, 0.29) is 11.8 Å². The van der Waals surface area contributed by atoms with Crippen molar-refractivity contribution in [3.8, 4) is 0 Å². The zero-order valence-electron chi connectivity index (χ0n) is 14.9. The fourth-order valence-corrected chi connectivity index (χ4v) is 3.60. The van der Waals surface area contributed by atoms with Crippen LogP contribution in [-0.2, 0) is 6.54 Å². The number of anilines is 1. The number of benzene rings is 3. The van der Waals surface area contributed by atoms with Gasteiger partial charge in [-0.3, -0.25) is 9.59 Å². The maximum Gasteiger partial charge on any atom is 0.276 e. The van der Waals surface area contributed by atoms with Crippen LogP contribution in [0.3, 0.4) is 0 Å². The van der Waals surface area contributed by atoms with Crippen molar-refractivity contribution in [1.29, 1.82) is 0 Å². The third kappa shape index (κ3) is 3.92. The summed E-state index contributed by atoms with van der Waals surface area (Å²) < 4.78 is 5.23. The third-order valence-electron chi connectivity index (χ3n) is 4.29. The minimum Gasteiger partial charge on any atom is -0.348 e. The predicted octanol–water partition coefficient (Wildman–Crippen LogP) is 4.48. The quantitative estimate of drug-likeness (QED) is 0.530. The van der Waals surface area contributed by atoms with Gasteiger partial charge in [0.15, 0.2) is 0 Å². The highest BCUT2D eigenvalue weighted by Crippen LogP contribution is 2.23. The summed E-state index contributed by atoms with van der Waals surface area (Å²) in [5.74, 6) is -0.425. The number of aromatic nitrogens is 1. The monoisotopic (exact) mass is 387 g/mol. The molecule has 0 unspecified atom stereocenters. The van der Waals surface area contributed by atoms with Crippen LogP contribution < -0.4 is 10.6 Å². The molecular formula is C22H17N3O2S. The van der Waals surface area contributed by atoms with Crippen molar-refractivity contribution in [3.63, 3.8) is 0 Å². The van der Waals surface area contributed by atoms with Crippen molar-refractivity contribution < 1.29 is 9.59 Å². The van der Waals surface area contributed by atoms with E-state index in [1.165, 1.54) is 11.5 Å². The predicted molar refractivity (Wildman–Crippen MR) is 112 cm³/mol. The Labute approximate surface area is 166 Å². The highest BCUT2D eigenvalue weighted by molar-refractivity contribution is 7.13. The summed E-state index contributed by atoms with van der Waals surface area (Å²) in [6, 6.07) is 24.2. The van der Waals surface area contributed by atoms with Crippen molar-refractivity contribution >= 4 is 39.1 Å². The number of nitrogens with zero attached hydrogens (tertiary/aromatic N) is 1. The zero-order chi connectivity index (χ0) is 19.3. The van der Waals surface area contributed by atoms with Crippen molar-refractivity contribution in [1.82, 2.24) is 9.69 Å². The Kier molecular flexibility index (Phi) is 5.12. The maximum atomic E-state index is 12.5. The lowest BCUT2D eigenvalue weighted by atomic mass is 10.1. The summed E-state index contributed by atoms with van der Waals surface area (Å²) in [7, 11) is 0. The summed E-state index contributed by atoms with van der Waals surface area (Å²) in [5.41, 5.74) is 2.59. The van der Waals surface area contributed by atoms with Crippen LogP contribution in [0.4, 0.5) is 5.69 Å². The van der Waals surface area contributed by atoms with Crippen molar-refractivity contribution in [2.24, 2.45) is 0 Å². The molecule has 3 aromatic carbocycles. The standard InChI is InChI=1S/C22H17N3O2S/c26-21(23-14-15-6-2-1-3-7-15)16-10-12-17(13-11-16)24-22(27)20-18-8-4-5-9-19(18)28-25-20/h1-13H,14H2,(H,23,26)(H,24,27). The molecule has 0 spiro atoms. The molecule has 0 saturated carbocycles. The van der Waals surface area contributed by atoms with Crippen LogP contribution >= 0.6 is 11.5 Å². The number of carbonyl (C=O) groups is 2. The van der Waals surface area contributed by atoms with E-state index >= 15 is 0 Å². The van der Waals surface area contributed by atoms with E-state index in [2.05, 4.69) is 15.0 Å².